The predicted octanol–water partition coefficient (Wildman–Crippen LogP) is 1.96. The van der Waals surface area contributed by atoms with Gasteiger partial charge in [-0.25, -0.2) is 0 Å². The summed E-state index contributed by atoms with van der Waals surface area (Å²) in [7, 11) is -5.24. The Morgan fingerprint density at radius 3 is 1.41 bits per heavy atom. The van der Waals surface area contributed by atoms with Crippen LogP contribution in [-0.2, 0) is 32.9 Å². The Balaban J connectivity index is -0.00000924. The first-order chi connectivity index (χ1) is 21.1. The Morgan fingerprint density at radius 1 is 0.609 bits per heavy atom. The van der Waals surface area contributed by atoms with Crippen LogP contribution >= 0.6 is 19.6 Å². The predicted molar refractivity (Wildman–Crippen MR) is 174 cm³/mol. The average molecular weight is 711 g/mol. The number of rotatable bonds is 32. The molecule has 1 atom stereocenters. The number of phosphoric acid groups is 1. The smallest absolute Gasteiger partial charge is 0.790 e. The second-order valence-electron chi connectivity index (χ2n) is 11.8. The molecular formula is C33H61Na2O9PS. The van der Waals surface area contributed by atoms with Gasteiger partial charge in [-0.05, 0) is 19.3 Å². The molecule has 46 heavy (non-hydrogen) atoms. The van der Waals surface area contributed by atoms with E-state index in [0.29, 0.717) is 12.8 Å². The first kappa shape index (κ1) is 51.4. The molecule has 0 aromatic rings. The molecule has 0 aliphatic heterocycles. The molecule has 0 bridgehead atoms. The monoisotopic (exact) mass is 710 g/mol. The Hall–Kier alpha value is 1.07. The molecule has 13 heteroatoms. The van der Waals surface area contributed by atoms with E-state index in [1.807, 2.05) is 0 Å². The fourth-order valence-electron chi connectivity index (χ4n) is 4.91. The van der Waals surface area contributed by atoms with Crippen LogP contribution in [0.25, 0.3) is 0 Å². The quantitative estimate of drug-likeness (QED) is 0.0440. The largest absolute Gasteiger partial charge is 1.00 e. The molecule has 0 aliphatic carbocycles. The molecule has 0 spiro atoms. The molecule has 0 saturated heterocycles. The third-order valence-electron chi connectivity index (χ3n) is 7.46. The number of hydrogen-bond acceptors (Lipinski definition) is 10. The maximum atomic E-state index is 12.2. The van der Waals surface area contributed by atoms with Crippen LogP contribution in [-0.4, -0.2) is 42.1 Å². The van der Waals surface area contributed by atoms with Gasteiger partial charge in [0.1, 0.15) is 6.61 Å². The molecule has 0 heterocycles. The van der Waals surface area contributed by atoms with Crippen molar-refractivity contribution in [2.75, 3.05) is 19.0 Å². The normalized spacial score (nSPS) is 11.7. The van der Waals surface area contributed by atoms with Crippen LogP contribution in [0.15, 0.2) is 0 Å². The number of carbonyl (C=O) groups excluding carboxylic acids is 3. The van der Waals surface area contributed by atoms with Crippen molar-refractivity contribution in [1.82, 2.24) is 0 Å². The van der Waals surface area contributed by atoms with Crippen LogP contribution in [0, 0.1) is 0 Å². The summed E-state index contributed by atoms with van der Waals surface area (Å²) in [6, 6.07) is 0. The maximum Gasteiger partial charge on any atom is 1.00 e. The summed E-state index contributed by atoms with van der Waals surface area (Å²) in [6.45, 7) is 2.80. The molecule has 0 amide bonds. The average Bonchev–Trinajstić information content (AvgIpc) is 2.96. The number of carbonyl (C=O) groups is 3. The number of ether oxygens (including phenoxy) is 2. The molecule has 0 fully saturated rings. The van der Waals surface area contributed by atoms with Crippen LogP contribution in [0.4, 0.5) is 0 Å². The summed E-state index contributed by atoms with van der Waals surface area (Å²) >= 11 is 1.42. The molecule has 0 unspecified atom stereocenters. The van der Waals surface area contributed by atoms with E-state index in [2.05, 4.69) is 11.4 Å². The van der Waals surface area contributed by atoms with E-state index >= 15 is 0 Å². The zero-order chi connectivity index (χ0) is 32.7. The third-order valence-corrected chi connectivity index (χ3v) is 8.83. The van der Waals surface area contributed by atoms with Crippen LogP contribution in [0.2, 0.25) is 0 Å². The fourth-order valence-corrected chi connectivity index (χ4v) is 5.89. The summed E-state index contributed by atoms with van der Waals surface area (Å²) < 4.78 is 25.6. The molecule has 0 N–H and O–H groups in total. The first-order valence-electron chi connectivity index (χ1n) is 17.3. The van der Waals surface area contributed by atoms with Gasteiger partial charge in [0.2, 0.25) is 0 Å². The second kappa shape index (κ2) is 37.3. The van der Waals surface area contributed by atoms with Crippen molar-refractivity contribution < 1.29 is 102 Å². The van der Waals surface area contributed by atoms with Crippen LogP contribution in [0.1, 0.15) is 168 Å². The van der Waals surface area contributed by atoms with Gasteiger partial charge < -0.3 is 28.3 Å². The van der Waals surface area contributed by atoms with Crippen LogP contribution in [0.3, 0.4) is 0 Å². The van der Waals surface area contributed by atoms with Gasteiger partial charge in [0.05, 0.1) is 14.4 Å². The standard InChI is InChI=1S/C33H63O9PS.2Na/c1-3-4-5-6-7-13-17-20-23-26-33(36)42-31(29-41-43(37,38)39)28-40-32(35)25-22-19-16-14-11-9-8-10-12-15-18-21-24-27-44-30(2)34;;/h31H,3-29H2,1-2H3,(H2,37,38,39);;/q;2*+1/p-2/t31-;;/m1../s1. The minimum atomic E-state index is -5.24. The van der Waals surface area contributed by atoms with Gasteiger partial charge in [-0.3, -0.25) is 14.4 Å². The topological polar surface area (TPSA) is 142 Å². The third kappa shape index (κ3) is 41.2. The number of thioether (sulfide) groups is 1. The van der Waals surface area contributed by atoms with E-state index in [4.69, 9.17) is 9.47 Å². The van der Waals surface area contributed by atoms with E-state index in [9.17, 15) is 28.7 Å². The molecule has 9 nitrogen and oxygen atoms in total. The van der Waals surface area contributed by atoms with E-state index in [1.165, 1.54) is 95.2 Å². The minimum absolute atomic E-state index is 0. The molecule has 0 aromatic carbocycles. The van der Waals surface area contributed by atoms with Gasteiger partial charge in [0, 0.05) is 25.5 Å². The van der Waals surface area contributed by atoms with E-state index in [1.54, 1.807) is 6.92 Å². The molecule has 0 saturated carbocycles. The summed E-state index contributed by atoms with van der Waals surface area (Å²) in [6.07, 6.45) is 24.1. The Kier molecular flexibility index (Phi) is 41.7. The van der Waals surface area contributed by atoms with Crippen molar-refractivity contribution in [3.63, 3.8) is 0 Å². The maximum absolute atomic E-state index is 12.2. The van der Waals surface area contributed by atoms with Gasteiger partial charge in [-0.15, -0.1) is 0 Å². The number of esters is 2. The fraction of sp³-hybridized carbons (Fsp3) is 0.909. The number of hydrogen-bond donors (Lipinski definition) is 0. The molecule has 0 radical (unpaired) electrons. The van der Waals surface area contributed by atoms with Gasteiger partial charge in [-0.2, -0.15) is 0 Å². The molecule has 0 aromatic heterocycles. The Morgan fingerprint density at radius 2 is 1.00 bits per heavy atom. The van der Waals surface area contributed by atoms with E-state index in [0.717, 1.165) is 50.7 Å². The van der Waals surface area contributed by atoms with E-state index in [-0.39, 0.29) is 83.7 Å². The zero-order valence-electron chi connectivity index (χ0n) is 29.7. The molecule has 0 aliphatic rings. The zero-order valence-corrected chi connectivity index (χ0v) is 35.4. The summed E-state index contributed by atoms with van der Waals surface area (Å²) in [5.74, 6) is -0.0305. The first-order valence-corrected chi connectivity index (χ1v) is 19.7. The van der Waals surface area contributed by atoms with Crippen molar-refractivity contribution >= 4 is 36.6 Å². The molecule has 260 valence electrons. The summed E-state index contributed by atoms with van der Waals surface area (Å²) in [5.41, 5.74) is 0. The van der Waals surface area contributed by atoms with Gasteiger partial charge in [-0.1, -0.05) is 141 Å². The van der Waals surface area contributed by atoms with Gasteiger partial charge >= 0.3 is 71.1 Å². The van der Waals surface area contributed by atoms with Crippen molar-refractivity contribution in [1.29, 1.82) is 0 Å². The Bertz CT molecular complexity index is 771. The summed E-state index contributed by atoms with van der Waals surface area (Å²) in [5, 5.41) is 0.208. The Labute approximate surface area is 328 Å². The van der Waals surface area contributed by atoms with Crippen LogP contribution in [0.5, 0.6) is 0 Å². The van der Waals surface area contributed by atoms with Crippen LogP contribution < -0.4 is 68.9 Å². The van der Waals surface area contributed by atoms with Crippen molar-refractivity contribution in [2.24, 2.45) is 0 Å². The van der Waals surface area contributed by atoms with Gasteiger partial charge in [0.15, 0.2) is 11.2 Å². The number of unbranched alkanes of at least 4 members (excludes halogenated alkanes) is 20. The molecular weight excluding hydrogens is 649 g/mol. The van der Waals surface area contributed by atoms with Crippen molar-refractivity contribution in [3.8, 4) is 0 Å². The second-order valence-corrected chi connectivity index (χ2v) is 14.2. The summed E-state index contributed by atoms with van der Waals surface area (Å²) in [4.78, 5) is 57.0. The van der Waals surface area contributed by atoms with E-state index < -0.39 is 32.5 Å². The number of phosphoric ester groups is 1. The van der Waals surface area contributed by atoms with Gasteiger partial charge in [0.25, 0.3) is 0 Å². The SMILES string of the molecule is CCCCCCCCCCCC(=O)O[C@H](COC(=O)CCCCCCCCCCCCCCCSC(C)=O)COP(=O)([O-])[O-].[Na+].[Na+]. The van der Waals surface area contributed by atoms with Crippen molar-refractivity contribution in [3.05, 3.63) is 0 Å². The van der Waals surface area contributed by atoms with Crippen molar-refractivity contribution in [2.45, 2.75) is 174 Å². The minimum Gasteiger partial charge on any atom is -0.790 e. The molecule has 0 rings (SSSR count).